The largest absolute Gasteiger partial charge is 0.326 e. The molecule has 2 N–H and O–H groups in total. The first-order chi connectivity index (χ1) is 5.55. The lowest BCUT2D eigenvalue weighted by molar-refractivity contribution is 0.417. The molecule has 1 rings (SSSR count). The summed E-state index contributed by atoms with van der Waals surface area (Å²) in [5.74, 6) is 0.297. The predicted molar refractivity (Wildman–Crippen MR) is 45.0 cm³/mol. The molecule has 0 aliphatic carbocycles. The molecule has 1 heterocycles. The Morgan fingerprint density at radius 1 is 1.58 bits per heavy atom. The SMILES string of the molecule is N#CC[C@H]1CCS(=O)(=O)C[C@H]1N. The van der Waals surface area contributed by atoms with Gasteiger partial charge >= 0.3 is 0 Å². The quantitative estimate of drug-likeness (QED) is 0.610. The van der Waals surface area contributed by atoms with Crippen LogP contribution >= 0.6 is 0 Å². The highest BCUT2D eigenvalue weighted by Crippen LogP contribution is 2.20. The molecule has 1 fully saturated rings. The van der Waals surface area contributed by atoms with E-state index in [9.17, 15) is 8.42 Å². The van der Waals surface area contributed by atoms with Crippen LogP contribution in [0.5, 0.6) is 0 Å². The number of nitriles is 1. The molecule has 0 spiro atoms. The van der Waals surface area contributed by atoms with Gasteiger partial charge in [0.05, 0.1) is 17.6 Å². The van der Waals surface area contributed by atoms with Gasteiger partial charge in [0.15, 0.2) is 9.84 Å². The summed E-state index contributed by atoms with van der Waals surface area (Å²) in [7, 11) is -2.92. The van der Waals surface area contributed by atoms with Crippen LogP contribution in [-0.2, 0) is 9.84 Å². The highest BCUT2D eigenvalue weighted by Gasteiger charge is 2.30. The van der Waals surface area contributed by atoms with Crippen molar-refractivity contribution in [2.75, 3.05) is 11.5 Å². The van der Waals surface area contributed by atoms with Crippen LogP contribution in [0.15, 0.2) is 0 Å². The van der Waals surface area contributed by atoms with E-state index in [0.717, 1.165) is 0 Å². The summed E-state index contributed by atoms with van der Waals surface area (Å²) in [6.07, 6.45) is 0.910. The maximum absolute atomic E-state index is 11.0. The van der Waals surface area contributed by atoms with Gasteiger partial charge in [-0.15, -0.1) is 0 Å². The maximum atomic E-state index is 11.0. The Bertz CT molecular complexity index is 291. The Morgan fingerprint density at radius 2 is 2.25 bits per heavy atom. The van der Waals surface area contributed by atoms with Crippen molar-refractivity contribution in [2.24, 2.45) is 11.7 Å². The second-order valence-corrected chi connectivity index (χ2v) is 5.42. The topological polar surface area (TPSA) is 84.0 Å². The highest BCUT2D eigenvalue weighted by atomic mass is 32.2. The average Bonchev–Trinajstić information content (AvgIpc) is 1.94. The van der Waals surface area contributed by atoms with Crippen molar-refractivity contribution < 1.29 is 8.42 Å². The Kier molecular flexibility index (Phi) is 2.70. The molecule has 0 amide bonds. The first-order valence-corrected chi connectivity index (χ1v) is 5.70. The van der Waals surface area contributed by atoms with Gasteiger partial charge in [-0.3, -0.25) is 0 Å². The second kappa shape index (κ2) is 3.42. The van der Waals surface area contributed by atoms with E-state index >= 15 is 0 Å². The molecule has 1 saturated heterocycles. The molecular formula is C7H12N2O2S. The third kappa shape index (κ3) is 2.19. The third-order valence-electron chi connectivity index (χ3n) is 2.21. The van der Waals surface area contributed by atoms with Crippen molar-refractivity contribution in [2.45, 2.75) is 18.9 Å². The zero-order valence-electron chi connectivity index (χ0n) is 6.73. The number of hydrogen-bond donors (Lipinski definition) is 1. The normalized spacial score (nSPS) is 34.0. The molecule has 4 nitrogen and oxygen atoms in total. The molecular weight excluding hydrogens is 176 g/mol. The van der Waals surface area contributed by atoms with E-state index in [2.05, 4.69) is 0 Å². The summed E-state index contributed by atoms with van der Waals surface area (Å²) in [5, 5.41) is 8.41. The fraction of sp³-hybridized carbons (Fsp3) is 0.857. The lowest BCUT2D eigenvalue weighted by atomic mass is 9.95. The second-order valence-electron chi connectivity index (χ2n) is 3.19. The summed E-state index contributed by atoms with van der Waals surface area (Å²) < 4.78 is 22.1. The van der Waals surface area contributed by atoms with Gasteiger partial charge in [-0.05, 0) is 12.3 Å². The molecule has 0 radical (unpaired) electrons. The van der Waals surface area contributed by atoms with Crippen molar-refractivity contribution in [1.82, 2.24) is 0 Å². The minimum Gasteiger partial charge on any atom is -0.326 e. The fourth-order valence-electron chi connectivity index (χ4n) is 1.43. The van der Waals surface area contributed by atoms with E-state index in [-0.39, 0.29) is 23.5 Å². The van der Waals surface area contributed by atoms with Gasteiger partial charge < -0.3 is 5.73 Å². The van der Waals surface area contributed by atoms with Crippen LogP contribution in [0.2, 0.25) is 0 Å². The summed E-state index contributed by atoms with van der Waals surface area (Å²) in [5.41, 5.74) is 5.61. The first kappa shape index (κ1) is 9.49. The van der Waals surface area contributed by atoms with Gasteiger partial charge in [-0.1, -0.05) is 0 Å². The predicted octanol–water partition coefficient (Wildman–Crippen LogP) is -0.338. The highest BCUT2D eigenvalue weighted by molar-refractivity contribution is 7.91. The van der Waals surface area contributed by atoms with Gasteiger partial charge in [0.2, 0.25) is 0 Å². The third-order valence-corrected chi connectivity index (χ3v) is 3.96. The lowest BCUT2D eigenvalue weighted by Gasteiger charge is -2.26. The van der Waals surface area contributed by atoms with E-state index in [1.807, 2.05) is 6.07 Å². The number of sulfone groups is 1. The molecule has 2 atom stereocenters. The molecule has 12 heavy (non-hydrogen) atoms. The first-order valence-electron chi connectivity index (χ1n) is 3.88. The van der Waals surface area contributed by atoms with Crippen LogP contribution < -0.4 is 5.73 Å². The molecule has 68 valence electrons. The minimum absolute atomic E-state index is 0.0410. The molecule has 0 aromatic carbocycles. The Balaban J connectivity index is 2.61. The smallest absolute Gasteiger partial charge is 0.151 e. The van der Waals surface area contributed by atoms with Crippen molar-refractivity contribution in [3.05, 3.63) is 0 Å². The van der Waals surface area contributed by atoms with Gasteiger partial charge in [0, 0.05) is 12.5 Å². The monoisotopic (exact) mass is 188 g/mol. The lowest BCUT2D eigenvalue weighted by Crippen LogP contribution is -2.42. The number of nitrogens with zero attached hydrogens (tertiary/aromatic N) is 1. The molecule has 0 unspecified atom stereocenters. The van der Waals surface area contributed by atoms with Crippen molar-refractivity contribution >= 4 is 9.84 Å². The zero-order chi connectivity index (χ0) is 9.19. The summed E-state index contributed by atoms with van der Waals surface area (Å²) in [4.78, 5) is 0. The van der Waals surface area contributed by atoms with E-state index in [0.29, 0.717) is 12.8 Å². The standard InChI is InChI=1S/C7H12N2O2S/c8-3-1-6-2-4-12(10,11)5-7(6)9/h6-7H,1-2,4-5,9H2/t6-,7+/m0/s1. The maximum Gasteiger partial charge on any atom is 0.151 e. The summed E-state index contributed by atoms with van der Waals surface area (Å²) in [6, 6.07) is 1.68. The zero-order valence-corrected chi connectivity index (χ0v) is 7.55. The molecule has 0 aromatic rings. The number of rotatable bonds is 1. The van der Waals surface area contributed by atoms with Crippen molar-refractivity contribution in [1.29, 1.82) is 5.26 Å². The van der Waals surface area contributed by atoms with Gasteiger partial charge in [0.1, 0.15) is 0 Å². The molecule has 0 aromatic heterocycles. The van der Waals surface area contributed by atoms with Crippen LogP contribution in [0.3, 0.4) is 0 Å². The van der Waals surface area contributed by atoms with E-state index in [1.54, 1.807) is 0 Å². The van der Waals surface area contributed by atoms with Crippen LogP contribution in [-0.4, -0.2) is 26.0 Å². The summed E-state index contributed by atoms with van der Waals surface area (Å²) >= 11 is 0. The molecule has 0 saturated carbocycles. The van der Waals surface area contributed by atoms with Crippen LogP contribution in [0.1, 0.15) is 12.8 Å². The Morgan fingerprint density at radius 3 is 2.75 bits per heavy atom. The average molecular weight is 188 g/mol. The minimum atomic E-state index is -2.92. The van der Waals surface area contributed by atoms with Gasteiger partial charge in [0.25, 0.3) is 0 Å². The molecule has 0 bridgehead atoms. The number of hydrogen-bond acceptors (Lipinski definition) is 4. The van der Waals surface area contributed by atoms with Gasteiger partial charge in [-0.2, -0.15) is 5.26 Å². The Hall–Kier alpha value is -0.600. The van der Waals surface area contributed by atoms with E-state index in [4.69, 9.17) is 11.0 Å². The fourth-order valence-corrected chi connectivity index (χ4v) is 3.12. The van der Waals surface area contributed by atoms with E-state index < -0.39 is 9.84 Å². The van der Waals surface area contributed by atoms with Crippen LogP contribution in [0.25, 0.3) is 0 Å². The molecule has 1 aliphatic rings. The Labute approximate surface area is 72.3 Å². The van der Waals surface area contributed by atoms with E-state index in [1.165, 1.54) is 0 Å². The van der Waals surface area contributed by atoms with Crippen molar-refractivity contribution in [3.63, 3.8) is 0 Å². The summed E-state index contributed by atoms with van der Waals surface area (Å²) in [6.45, 7) is 0. The van der Waals surface area contributed by atoms with Crippen LogP contribution in [0.4, 0.5) is 0 Å². The molecule has 5 heteroatoms. The number of nitrogens with two attached hydrogens (primary N) is 1. The van der Waals surface area contributed by atoms with Gasteiger partial charge in [-0.25, -0.2) is 8.42 Å². The molecule has 1 aliphatic heterocycles. The van der Waals surface area contributed by atoms with Crippen molar-refractivity contribution in [3.8, 4) is 6.07 Å². The van der Waals surface area contributed by atoms with Crippen LogP contribution in [0, 0.1) is 17.2 Å².